The van der Waals surface area contributed by atoms with E-state index in [0.29, 0.717) is 5.69 Å². The molecule has 0 N–H and O–H groups in total. The predicted octanol–water partition coefficient (Wildman–Crippen LogP) is 2.47. The predicted molar refractivity (Wildman–Crippen MR) is 65.3 cm³/mol. The molecule has 0 saturated carbocycles. The van der Waals surface area contributed by atoms with Crippen molar-refractivity contribution in [1.82, 2.24) is 4.98 Å². The summed E-state index contributed by atoms with van der Waals surface area (Å²) in [5.74, 6) is 0. The number of hydrogen-bond donors (Lipinski definition) is 0. The van der Waals surface area contributed by atoms with Gasteiger partial charge in [0.1, 0.15) is 6.07 Å². The van der Waals surface area contributed by atoms with Crippen LogP contribution in [-0.4, -0.2) is 4.98 Å². The Hall–Kier alpha value is -2.34. The molecule has 17 heavy (non-hydrogen) atoms. The van der Waals surface area contributed by atoms with Gasteiger partial charge in [-0.2, -0.15) is 5.26 Å². The van der Waals surface area contributed by atoms with Gasteiger partial charge in [-0.3, -0.25) is 0 Å². The largest absolute Gasteiger partial charge is 0.361 e. The van der Waals surface area contributed by atoms with Crippen LogP contribution in [0.25, 0.3) is 0 Å². The van der Waals surface area contributed by atoms with Gasteiger partial charge in [-0.05, 0) is 23.3 Å². The second-order valence-electron chi connectivity index (χ2n) is 4.11. The highest BCUT2D eigenvalue weighted by Crippen LogP contribution is 2.29. The van der Waals surface area contributed by atoms with Crippen molar-refractivity contribution in [1.29, 1.82) is 5.26 Å². The minimum absolute atomic E-state index is 0.500. The van der Waals surface area contributed by atoms with E-state index in [1.807, 2.05) is 12.1 Å². The number of pyridine rings is 1. The Labute approximate surface area is 99.9 Å². The van der Waals surface area contributed by atoms with Crippen LogP contribution in [0.4, 0.5) is 5.69 Å². The number of benzene rings is 1. The summed E-state index contributed by atoms with van der Waals surface area (Å²) < 4.78 is 0. The average Bonchev–Trinajstić information content (AvgIpc) is 2.82. The number of hydrogen-bond acceptors (Lipinski definition) is 3. The molecule has 1 aliphatic heterocycles. The zero-order chi connectivity index (χ0) is 11.7. The molecule has 0 bridgehead atoms. The van der Waals surface area contributed by atoms with Crippen molar-refractivity contribution < 1.29 is 0 Å². The van der Waals surface area contributed by atoms with Crippen molar-refractivity contribution in [3.63, 3.8) is 0 Å². The third-order valence-corrected chi connectivity index (χ3v) is 3.07. The third-order valence-electron chi connectivity index (χ3n) is 3.07. The Morgan fingerprint density at radius 1 is 1.06 bits per heavy atom. The Morgan fingerprint density at radius 3 is 2.41 bits per heavy atom. The lowest BCUT2D eigenvalue weighted by molar-refractivity contribution is 0.872. The van der Waals surface area contributed by atoms with Gasteiger partial charge in [0.2, 0.25) is 0 Å². The van der Waals surface area contributed by atoms with Crippen molar-refractivity contribution in [3.8, 4) is 6.07 Å². The number of aromatic nitrogens is 1. The van der Waals surface area contributed by atoms with Gasteiger partial charge >= 0.3 is 0 Å². The highest BCUT2D eigenvalue weighted by Gasteiger charge is 2.20. The number of rotatable bonds is 1. The van der Waals surface area contributed by atoms with E-state index in [9.17, 15) is 0 Å². The van der Waals surface area contributed by atoms with E-state index in [2.05, 4.69) is 40.2 Å². The van der Waals surface area contributed by atoms with Gasteiger partial charge in [0.05, 0.1) is 5.69 Å². The molecular formula is C14H11N3. The maximum absolute atomic E-state index is 9.06. The first-order valence-electron chi connectivity index (χ1n) is 5.55. The van der Waals surface area contributed by atoms with Crippen LogP contribution in [0.2, 0.25) is 0 Å². The number of fused-ring (bicyclic) bond motifs is 1. The molecule has 2 aromatic rings. The topological polar surface area (TPSA) is 39.9 Å². The fourth-order valence-corrected chi connectivity index (χ4v) is 2.24. The van der Waals surface area contributed by atoms with E-state index >= 15 is 0 Å². The van der Waals surface area contributed by atoms with Gasteiger partial charge in [-0.15, -0.1) is 0 Å². The van der Waals surface area contributed by atoms with Gasteiger partial charge in [0.25, 0.3) is 0 Å². The summed E-state index contributed by atoms with van der Waals surface area (Å²) in [4.78, 5) is 6.29. The minimum Gasteiger partial charge on any atom is -0.361 e. The normalized spacial score (nSPS) is 13.2. The first-order valence-corrected chi connectivity index (χ1v) is 5.55. The second kappa shape index (κ2) is 3.91. The highest BCUT2D eigenvalue weighted by atomic mass is 15.2. The van der Waals surface area contributed by atoms with E-state index in [-0.39, 0.29) is 0 Å². The molecule has 3 heteroatoms. The Morgan fingerprint density at radius 2 is 1.76 bits per heavy atom. The van der Waals surface area contributed by atoms with Crippen LogP contribution in [0.1, 0.15) is 16.8 Å². The first kappa shape index (κ1) is 9.86. The molecule has 0 amide bonds. The molecule has 2 heterocycles. The maximum Gasteiger partial charge on any atom is 0.163 e. The molecule has 0 unspecified atom stereocenters. The van der Waals surface area contributed by atoms with Crippen LogP contribution in [0.5, 0.6) is 0 Å². The summed E-state index contributed by atoms with van der Waals surface area (Å²) in [7, 11) is 0. The molecule has 3 nitrogen and oxygen atoms in total. The summed E-state index contributed by atoms with van der Waals surface area (Å²) in [6, 6.07) is 14.4. The van der Waals surface area contributed by atoms with Crippen molar-refractivity contribution in [2.45, 2.75) is 13.1 Å². The first-order chi connectivity index (χ1) is 8.38. The summed E-state index contributed by atoms with van der Waals surface area (Å²) in [6.07, 6.45) is 1.66. The van der Waals surface area contributed by atoms with E-state index in [1.54, 1.807) is 6.20 Å². The number of nitrogens with zero attached hydrogens (tertiary/aromatic N) is 3. The molecule has 82 valence electrons. The van der Waals surface area contributed by atoms with Crippen molar-refractivity contribution >= 4 is 5.69 Å². The van der Waals surface area contributed by atoms with Crippen molar-refractivity contribution in [2.24, 2.45) is 0 Å². The standard InChI is InChI=1S/C14H11N3/c15-8-13-14(6-3-7-16-13)17-9-11-4-1-2-5-12(11)10-17/h1-7H,9-10H2. The lowest BCUT2D eigenvalue weighted by Gasteiger charge is -2.17. The van der Waals surface area contributed by atoms with Gasteiger partial charge in [-0.25, -0.2) is 4.98 Å². The molecular weight excluding hydrogens is 210 g/mol. The van der Waals surface area contributed by atoms with E-state index in [4.69, 9.17) is 5.26 Å². The van der Waals surface area contributed by atoms with Crippen molar-refractivity contribution in [2.75, 3.05) is 4.90 Å². The Bertz CT molecular complexity index is 573. The van der Waals surface area contributed by atoms with Crippen LogP contribution in [0.3, 0.4) is 0 Å². The molecule has 0 atom stereocenters. The van der Waals surface area contributed by atoms with Gasteiger partial charge < -0.3 is 4.90 Å². The molecule has 0 spiro atoms. The van der Waals surface area contributed by atoms with Crippen molar-refractivity contribution in [3.05, 3.63) is 59.4 Å². The Kier molecular flexibility index (Phi) is 2.27. The van der Waals surface area contributed by atoms with Crippen LogP contribution in [-0.2, 0) is 13.1 Å². The number of nitriles is 1. The SMILES string of the molecule is N#Cc1ncccc1N1Cc2ccccc2C1. The van der Waals surface area contributed by atoms with E-state index in [1.165, 1.54) is 11.1 Å². The van der Waals surface area contributed by atoms with Crippen LogP contribution in [0, 0.1) is 11.3 Å². The molecule has 1 aromatic heterocycles. The Balaban J connectivity index is 1.97. The summed E-state index contributed by atoms with van der Waals surface area (Å²) >= 11 is 0. The minimum atomic E-state index is 0.500. The average molecular weight is 221 g/mol. The number of anilines is 1. The zero-order valence-electron chi connectivity index (χ0n) is 9.30. The molecule has 0 saturated heterocycles. The van der Waals surface area contributed by atoms with Crippen LogP contribution < -0.4 is 4.90 Å². The smallest absolute Gasteiger partial charge is 0.163 e. The van der Waals surface area contributed by atoms with Crippen LogP contribution in [0.15, 0.2) is 42.6 Å². The monoisotopic (exact) mass is 221 g/mol. The lowest BCUT2D eigenvalue weighted by Crippen LogP contribution is -2.16. The maximum atomic E-state index is 9.06. The molecule has 0 aliphatic carbocycles. The molecule has 1 aliphatic rings. The van der Waals surface area contributed by atoms with Gasteiger partial charge in [-0.1, -0.05) is 24.3 Å². The summed E-state index contributed by atoms with van der Waals surface area (Å²) in [6.45, 7) is 1.72. The molecule has 0 radical (unpaired) electrons. The summed E-state index contributed by atoms with van der Waals surface area (Å²) in [5.41, 5.74) is 4.09. The van der Waals surface area contributed by atoms with E-state index < -0.39 is 0 Å². The molecule has 1 aromatic carbocycles. The quantitative estimate of drug-likeness (QED) is 0.742. The lowest BCUT2D eigenvalue weighted by atomic mass is 10.1. The molecule has 0 fully saturated rings. The second-order valence-corrected chi connectivity index (χ2v) is 4.11. The van der Waals surface area contributed by atoms with E-state index in [0.717, 1.165) is 18.8 Å². The molecule has 3 rings (SSSR count). The van der Waals surface area contributed by atoms with Gasteiger partial charge in [0.15, 0.2) is 5.69 Å². The fourth-order valence-electron chi connectivity index (χ4n) is 2.24. The van der Waals surface area contributed by atoms with Gasteiger partial charge in [0, 0.05) is 19.3 Å². The summed E-state index contributed by atoms with van der Waals surface area (Å²) in [5, 5.41) is 9.06. The highest BCUT2D eigenvalue weighted by molar-refractivity contribution is 5.58. The third kappa shape index (κ3) is 1.64. The fraction of sp³-hybridized carbons (Fsp3) is 0.143. The van der Waals surface area contributed by atoms with Crippen LogP contribution >= 0.6 is 0 Å². The zero-order valence-corrected chi connectivity index (χ0v) is 9.30.